The molecule has 2 aromatic carbocycles. The molecule has 0 N–H and O–H groups in total. The van der Waals surface area contributed by atoms with Gasteiger partial charge in [0.1, 0.15) is 24.7 Å². The Morgan fingerprint density at radius 2 is 1.78 bits per heavy atom. The van der Waals surface area contributed by atoms with Crippen LogP contribution in [0.15, 0.2) is 66.4 Å². The molecule has 3 aliphatic rings. The van der Waals surface area contributed by atoms with Crippen LogP contribution in [0.5, 0.6) is 5.88 Å². The topological polar surface area (TPSA) is 72.3 Å². The zero-order valence-electron chi connectivity index (χ0n) is 33.1. The lowest BCUT2D eigenvalue weighted by Gasteiger charge is -2.40. The summed E-state index contributed by atoms with van der Waals surface area (Å²) in [5.74, 6) is 0.188. The van der Waals surface area contributed by atoms with Gasteiger partial charge in [-0.15, -0.1) is 0 Å². The molecule has 0 saturated carbocycles. The Bertz CT molecular complexity index is 2010. The van der Waals surface area contributed by atoms with Crippen LogP contribution in [0, 0.1) is 5.41 Å². The summed E-state index contributed by atoms with van der Waals surface area (Å²) < 4.78 is 19.6. The van der Waals surface area contributed by atoms with Gasteiger partial charge in [0.25, 0.3) is 0 Å². The highest BCUT2D eigenvalue weighted by Crippen LogP contribution is 2.45. The lowest BCUT2D eigenvalue weighted by atomic mass is 9.72. The van der Waals surface area contributed by atoms with Crippen LogP contribution in [-0.4, -0.2) is 87.6 Å². The maximum atomic E-state index is 13.3. The van der Waals surface area contributed by atoms with Crippen molar-refractivity contribution in [3.8, 4) is 5.88 Å². The van der Waals surface area contributed by atoms with Crippen molar-refractivity contribution >= 4 is 59.3 Å². The second-order valence-electron chi connectivity index (χ2n) is 17.3. The average Bonchev–Trinajstić information content (AvgIpc) is 3.54. The number of methoxy groups -OCH3 is 1. The zero-order chi connectivity index (χ0) is 38.2. The molecular formula is C43H56ClN5O4Si. The van der Waals surface area contributed by atoms with Crippen molar-refractivity contribution in [2.24, 2.45) is 5.41 Å². The molecule has 0 radical (unpaired) electrons. The van der Waals surface area contributed by atoms with E-state index in [0.29, 0.717) is 30.2 Å². The van der Waals surface area contributed by atoms with E-state index >= 15 is 0 Å². The Kier molecular flexibility index (Phi) is 11.2. The van der Waals surface area contributed by atoms with Gasteiger partial charge in [-0.05, 0) is 91.2 Å². The molecule has 4 aromatic rings. The fourth-order valence-corrected chi connectivity index (χ4v) is 8.87. The second kappa shape index (κ2) is 15.7. The molecule has 2 aromatic heterocycles. The predicted molar refractivity (Wildman–Crippen MR) is 223 cm³/mol. The lowest BCUT2D eigenvalue weighted by Crippen LogP contribution is -2.47. The zero-order valence-corrected chi connectivity index (χ0v) is 34.8. The number of piperazine rings is 1. The van der Waals surface area contributed by atoms with Gasteiger partial charge in [0, 0.05) is 69.7 Å². The number of nitrogens with zero attached hydrogens (tertiary/aromatic N) is 5. The number of fused-ring (bicyclic) bond motifs is 2. The van der Waals surface area contributed by atoms with Crippen molar-refractivity contribution in [3.63, 3.8) is 0 Å². The summed E-state index contributed by atoms with van der Waals surface area (Å²) in [6.45, 7) is 20.3. The maximum Gasteiger partial charge on any atom is 0.339 e. The molecule has 7 rings (SSSR count). The average molecular weight is 770 g/mol. The van der Waals surface area contributed by atoms with Gasteiger partial charge in [-0.1, -0.05) is 62.8 Å². The molecule has 0 spiro atoms. The largest absolute Gasteiger partial charge is 0.474 e. The molecular weight excluding hydrogens is 714 g/mol. The SMILES string of the molecule is COC(=O)c1ccc(N2CCN(CC3=C(c4ccc(Cl)cc4)CC(C)(C)CC3)CC2)cc1N1c2cc3ccn(COCC[Si](C)(C)C)c3nc2OCC1C. The van der Waals surface area contributed by atoms with Gasteiger partial charge < -0.3 is 28.6 Å². The second-order valence-corrected chi connectivity index (χ2v) is 23.3. The van der Waals surface area contributed by atoms with Gasteiger partial charge in [-0.25, -0.2) is 4.79 Å². The number of anilines is 3. The van der Waals surface area contributed by atoms with Gasteiger partial charge in [0.15, 0.2) is 0 Å². The molecule has 11 heteroatoms. The number of ether oxygens (including phenoxy) is 3. The van der Waals surface area contributed by atoms with E-state index in [2.05, 4.69) is 91.5 Å². The van der Waals surface area contributed by atoms with Crippen molar-refractivity contribution in [3.05, 3.63) is 82.5 Å². The lowest BCUT2D eigenvalue weighted by molar-refractivity contribution is 0.0601. The Hall–Kier alpha value is -3.83. The third-order valence-electron chi connectivity index (χ3n) is 11.2. The van der Waals surface area contributed by atoms with E-state index in [-0.39, 0.29) is 12.0 Å². The minimum absolute atomic E-state index is 0.0391. The molecule has 1 unspecified atom stereocenters. The number of allylic oxidation sites excluding steroid dienone is 1. The Morgan fingerprint density at radius 1 is 1.02 bits per heavy atom. The van der Waals surface area contributed by atoms with Crippen LogP contribution in [0.3, 0.4) is 0 Å². The Balaban J connectivity index is 1.11. The number of hydrogen-bond acceptors (Lipinski definition) is 8. The van der Waals surface area contributed by atoms with Crippen molar-refractivity contribution in [2.75, 3.05) is 62.8 Å². The Morgan fingerprint density at radius 3 is 2.50 bits per heavy atom. The summed E-state index contributed by atoms with van der Waals surface area (Å²) >= 11 is 6.26. The summed E-state index contributed by atoms with van der Waals surface area (Å²) in [6.07, 6.45) is 5.44. The first-order valence-corrected chi connectivity index (χ1v) is 23.5. The molecule has 1 aliphatic carbocycles. The predicted octanol–water partition coefficient (Wildman–Crippen LogP) is 9.49. The van der Waals surface area contributed by atoms with Crippen LogP contribution in [0.4, 0.5) is 17.1 Å². The molecule has 1 atom stereocenters. The minimum atomic E-state index is -1.18. The van der Waals surface area contributed by atoms with Crippen LogP contribution in [0.2, 0.25) is 30.7 Å². The van der Waals surface area contributed by atoms with Gasteiger partial charge in [0.2, 0.25) is 5.88 Å². The number of carbonyl (C=O) groups is 1. The number of esters is 1. The highest BCUT2D eigenvalue weighted by molar-refractivity contribution is 6.76. The smallest absolute Gasteiger partial charge is 0.339 e. The molecule has 4 heterocycles. The summed E-state index contributed by atoms with van der Waals surface area (Å²) in [5, 5.41) is 1.77. The highest BCUT2D eigenvalue weighted by atomic mass is 35.5. The number of halogens is 1. The van der Waals surface area contributed by atoms with Gasteiger partial charge in [0.05, 0.1) is 24.4 Å². The molecule has 0 bridgehead atoms. The first-order chi connectivity index (χ1) is 25.8. The molecule has 2 aliphatic heterocycles. The fourth-order valence-electron chi connectivity index (χ4n) is 7.98. The molecule has 1 fully saturated rings. The van der Waals surface area contributed by atoms with Crippen molar-refractivity contribution < 1.29 is 19.0 Å². The van der Waals surface area contributed by atoms with E-state index in [1.165, 1.54) is 24.7 Å². The number of aromatic nitrogens is 2. The monoisotopic (exact) mass is 769 g/mol. The van der Waals surface area contributed by atoms with E-state index in [4.69, 9.17) is 30.8 Å². The third-order valence-corrected chi connectivity index (χ3v) is 13.2. The quantitative estimate of drug-likeness (QED) is 0.0849. The number of carbonyl (C=O) groups excluding carboxylic acids is 1. The van der Waals surface area contributed by atoms with Crippen LogP contribution in [0.25, 0.3) is 16.6 Å². The summed E-state index contributed by atoms with van der Waals surface area (Å²) in [6, 6.07) is 19.8. The molecule has 288 valence electrons. The molecule has 1 saturated heterocycles. The third kappa shape index (κ3) is 8.52. The van der Waals surface area contributed by atoms with E-state index in [9.17, 15) is 4.79 Å². The minimum Gasteiger partial charge on any atom is -0.474 e. The van der Waals surface area contributed by atoms with Gasteiger partial charge in [-0.3, -0.25) is 4.90 Å². The van der Waals surface area contributed by atoms with Crippen LogP contribution >= 0.6 is 11.6 Å². The maximum absolute atomic E-state index is 13.3. The van der Waals surface area contributed by atoms with Crippen LogP contribution in [-0.2, 0) is 16.2 Å². The van der Waals surface area contributed by atoms with Gasteiger partial charge >= 0.3 is 5.97 Å². The van der Waals surface area contributed by atoms with Crippen LogP contribution < -0.4 is 14.5 Å². The van der Waals surface area contributed by atoms with Crippen molar-refractivity contribution in [2.45, 2.75) is 78.5 Å². The molecule has 0 amide bonds. The van der Waals surface area contributed by atoms with Crippen LogP contribution in [0.1, 0.15) is 56.0 Å². The van der Waals surface area contributed by atoms with E-state index in [1.54, 1.807) is 5.57 Å². The first kappa shape index (κ1) is 38.4. The summed E-state index contributed by atoms with van der Waals surface area (Å²) in [4.78, 5) is 25.5. The van der Waals surface area contributed by atoms with E-state index in [0.717, 1.165) is 91.3 Å². The normalized spacial score (nSPS) is 19.2. The Labute approximate surface area is 326 Å². The number of pyridine rings is 1. The summed E-state index contributed by atoms with van der Waals surface area (Å²) in [5.41, 5.74) is 8.72. The number of hydrogen-bond donors (Lipinski definition) is 0. The van der Waals surface area contributed by atoms with E-state index < -0.39 is 8.07 Å². The standard InChI is InChI=1S/C43H56ClN5O4Si/c1-30-28-53-41-39(24-32-15-17-48(40(32)45-41)29-52-22-23-54(5,6)7)49(30)38-25-35(12-13-36(38)42(50)51-4)47-20-18-46(19-21-47)27-33-14-16-43(2,3)26-37(33)31-8-10-34(44)11-9-31/h8-13,15,17,24-25,30H,14,16,18-23,26-29H2,1-7H3. The van der Waals surface area contributed by atoms with Crippen molar-refractivity contribution in [1.29, 1.82) is 0 Å². The fraction of sp³-hybridized carbons (Fsp3) is 0.488. The number of rotatable bonds is 11. The first-order valence-electron chi connectivity index (χ1n) is 19.4. The van der Waals surface area contributed by atoms with Gasteiger partial charge in [-0.2, -0.15) is 4.98 Å². The highest BCUT2D eigenvalue weighted by Gasteiger charge is 2.33. The summed E-state index contributed by atoms with van der Waals surface area (Å²) in [7, 11) is 0.262. The molecule has 54 heavy (non-hydrogen) atoms. The molecule has 9 nitrogen and oxygen atoms in total. The van der Waals surface area contributed by atoms with E-state index in [1.807, 2.05) is 29.0 Å². The number of benzene rings is 2. The van der Waals surface area contributed by atoms with Crippen molar-refractivity contribution in [1.82, 2.24) is 14.5 Å².